The quantitative estimate of drug-likeness (QED) is 0.479. The predicted octanol–water partition coefficient (Wildman–Crippen LogP) is 1.50. The van der Waals surface area contributed by atoms with Crippen LogP contribution in [0.4, 0.5) is 0 Å². The third-order valence-corrected chi connectivity index (χ3v) is 1.35. The first-order valence-corrected chi connectivity index (χ1v) is 3.37. The molecule has 0 N–H and O–H groups in total. The summed E-state index contributed by atoms with van der Waals surface area (Å²) in [6, 6.07) is 3.40. The molecular formula is C7H6ClNO. The van der Waals surface area contributed by atoms with Crippen molar-refractivity contribution in [2.75, 3.05) is 5.88 Å². The smallest absolute Gasteiger partial charge is 0.179 e. The van der Waals surface area contributed by atoms with Crippen molar-refractivity contribution >= 4 is 17.4 Å². The van der Waals surface area contributed by atoms with E-state index in [1.165, 1.54) is 6.20 Å². The molecular weight excluding hydrogens is 150 g/mol. The fourth-order valence-electron chi connectivity index (χ4n) is 0.605. The lowest BCUT2D eigenvalue weighted by Crippen LogP contribution is -1.99. The Labute approximate surface area is 63.8 Å². The molecule has 0 spiro atoms. The third kappa shape index (κ3) is 1.54. The minimum absolute atomic E-state index is 0.0195. The Balaban J connectivity index is 2.85. The molecule has 1 heterocycles. The lowest BCUT2D eigenvalue weighted by Gasteiger charge is -1.91. The summed E-state index contributed by atoms with van der Waals surface area (Å²) in [7, 11) is 0. The number of hydrogen-bond acceptors (Lipinski definition) is 2. The Morgan fingerprint density at radius 2 is 2.50 bits per heavy atom. The van der Waals surface area contributed by atoms with Crippen LogP contribution in [0.3, 0.4) is 0 Å². The van der Waals surface area contributed by atoms with E-state index in [9.17, 15) is 4.79 Å². The highest BCUT2D eigenvalue weighted by Gasteiger charge is 2.00. The van der Waals surface area contributed by atoms with Gasteiger partial charge in [-0.25, -0.2) is 0 Å². The normalized spacial score (nSPS) is 9.30. The lowest BCUT2D eigenvalue weighted by molar-refractivity contribution is 0.102. The van der Waals surface area contributed by atoms with Gasteiger partial charge in [-0.15, -0.1) is 11.6 Å². The number of carbonyl (C=O) groups excluding carboxylic acids is 1. The summed E-state index contributed by atoms with van der Waals surface area (Å²) in [5, 5.41) is 0. The maximum Gasteiger partial charge on any atom is 0.179 e. The van der Waals surface area contributed by atoms with Gasteiger partial charge >= 0.3 is 0 Å². The van der Waals surface area contributed by atoms with E-state index in [1.807, 2.05) is 0 Å². The number of halogens is 1. The molecule has 0 amide bonds. The highest BCUT2D eigenvalue weighted by Crippen LogP contribution is 1.97. The molecule has 3 heteroatoms. The van der Waals surface area contributed by atoms with E-state index in [2.05, 4.69) is 4.98 Å². The van der Waals surface area contributed by atoms with Gasteiger partial charge in [-0.2, -0.15) is 0 Å². The fraction of sp³-hybridized carbons (Fsp3) is 0.143. The maximum atomic E-state index is 10.8. The van der Waals surface area contributed by atoms with E-state index >= 15 is 0 Å². The summed E-state index contributed by atoms with van der Waals surface area (Å²) in [5.74, 6) is -0.0686. The summed E-state index contributed by atoms with van der Waals surface area (Å²) in [6.07, 6.45) is 3.12. The number of aromatic nitrogens is 1. The van der Waals surface area contributed by atoms with Crippen molar-refractivity contribution in [2.45, 2.75) is 0 Å². The van der Waals surface area contributed by atoms with Gasteiger partial charge in [0.25, 0.3) is 0 Å². The summed E-state index contributed by atoms with van der Waals surface area (Å²) in [6.45, 7) is 0. The Hall–Kier alpha value is -0.890. The molecule has 10 heavy (non-hydrogen) atoms. The van der Waals surface area contributed by atoms with Crippen molar-refractivity contribution in [3.63, 3.8) is 0 Å². The highest BCUT2D eigenvalue weighted by atomic mass is 35.5. The molecule has 0 aliphatic carbocycles. The van der Waals surface area contributed by atoms with Crippen LogP contribution < -0.4 is 0 Å². The van der Waals surface area contributed by atoms with E-state index in [1.54, 1.807) is 18.3 Å². The second-order valence-corrected chi connectivity index (χ2v) is 2.07. The molecule has 0 saturated heterocycles. The van der Waals surface area contributed by atoms with Gasteiger partial charge in [0.15, 0.2) is 5.78 Å². The van der Waals surface area contributed by atoms with Crippen molar-refractivity contribution in [3.8, 4) is 0 Å². The van der Waals surface area contributed by atoms with Crippen LogP contribution in [0.2, 0.25) is 0 Å². The molecule has 0 fully saturated rings. The first-order chi connectivity index (χ1) is 4.84. The zero-order chi connectivity index (χ0) is 7.40. The summed E-state index contributed by atoms with van der Waals surface area (Å²) >= 11 is 5.31. The molecule has 0 saturated carbocycles. The molecule has 0 unspecified atom stereocenters. The zero-order valence-corrected chi connectivity index (χ0v) is 6.01. The molecule has 0 aromatic carbocycles. The number of nitrogens with zero attached hydrogens (tertiary/aromatic N) is 1. The fourth-order valence-corrected chi connectivity index (χ4v) is 0.759. The van der Waals surface area contributed by atoms with Crippen LogP contribution in [-0.2, 0) is 0 Å². The number of pyridine rings is 1. The number of carbonyl (C=O) groups is 1. The van der Waals surface area contributed by atoms with E-state index in [0.29, 0.717) is 5.56 Å². The van der Waals surface area contributed by atoms with Gasteiger partial charge in [0.2, 0.25) is 0 Å². The van der Waals surface area contributed by atoms with Crippen molar-refractivity contribution in [2.24, 2.45) is 0 Å². The van der Waals surface area contributed by atoms with Crippen LogP contribution in [0.25, 0.3) is 0 Å². The third-order valence-electron chi connectivity index (χ3n) is 1.10. The summed E-state index contributed by atoms with van der Waals surface area (Å²) in [5.41, 5.74) is 0.567. The predicted molar refractivity (Wildman–Crippen MR) is 39.3 cm³/mol. The van der Waals surface area contributed by atoms with Crippen LogP contribution in [0.15, 0.2) is 24.5 Å². The first-order valence-electron chi connectivity index (χ1n) is 2.84. The SMILES string of the molecule is O=C(CCl)c1cccnc1. The van der Waals surface area contributed by atoms with Crippen molar-refractivity contribution < 1.29 is 4.79 Å². The van der Waals surface area contributed by atoms with Gasteiger partial charge in [-0.05, 0) is 12.1 Å². The number of hydrogen-bond donors (Lipinski definition) is 0. The molecule has 0 aliphatic heterocycles. The average Bonchev–Trinajstić information content (AvgIpc) is 2.05. The van der Waals surface area contributed by atoms with E-state index in [-0.39, 0.29) is 11.7 Å². The second kappa shape index (κ2) is 3.32. The largest absolute Gasteiger partial charge is 0.293 e. The molecule has 0 aliphatic rings. The van der Waals surface area contributed by atoms with Crippen LogP contribution in [0.1, 0.15) is 10.4 Å². The molecule has 0 bridgehead atoms. The Bertz CT molecular complexity index is 222. The average molecular weight is 156 g/mol. The first kappa shape index (κ1) is 7.22. The molecule has 1 rings (SSSR count). The number of rotatable bonds is 2. The van der Waals surface area contributed by atoms with Gasteiger partial charge in [0.1, 0.15) is 0 Å². The van der Waals surface area contributed by atoms with Gasteiger partial charge in [-0.3, -0.25) is 9.78 Å². The summed E-state index contributed by atoms with van der Waals surface area (Å²) < 4.78 is 0. The van der Waals surface area contributed by atoms with Gasteiger partial charge in [0.05, 0.1) is 5.88 Å². The van der Waals surface area contributed by atoms with E-state index < -0.39 is 0 Å². The number of alkyl halides is 1. The van der Waals surface area contributed by atoms with Gasteiger partial charge in [0, 0.05) is 18.0 Å². The molecule has 52 valence electrons. The second-order valence-electron chi connectivity index (χ2n) is 1.80. The Morgan fingerprint density at radius 1 is 1.70 bits per heavy atom. The standard InChI is InChI=1S/C7H6ClNO/c8-4-7(10)6-2-1-3-9-5-6/h1-3,5H,4H2. The van der Waals surface area contributed by atoms with Crippen molar-refractivity contribution in [1.29, 1.82) is 0 Å². The monoisotopic (exact) mass is 155 g/mol. The number of ketones is 1. The topological polar surface area (TPSA) is 30.0 Å². The van der Waals surface area contributed by atoms with Gasteiger partial charge < -0.3 is 0 Å². The zero-order valence-electron chi connectivity index (χ0n) is 5.25. The Morgan fingerprint density at radius 3 is 3.00 bits per heavy atom. The highest BCUT2D eigenvalue weighted by molar-refractivity contribution is 6.30. The lowest BCUT2D eigenvalue weighted by atomic mass is 10.2. The maximum absolute atomic E-state index is 10.8. The van der Waals surface area contributed by atoms with Crippen LogP contribution in [0.5, 0.6) is 0 Å². The van der Waals surface area contributed by atoms with Crippen LogP contribution >= 0.6 is 11.6 Å². The molecule has 1 aromatic heterocycles. The summed E-state index contributed by atoms with van der Waals surface area (Å²) in [4.78, 5) is 14.6. The van der Waals surface area contributed by atoms with Crippen LogP contribution in [0, 0.1) is 0 Å². The van der Waals surface area contributed by atoms with Crippen molar-refractivity contribution in [3.05, 3.63) is 30.1 Å². The van der Waals surface area contributed by atoms with Gasteiger partial charge in [-0.1, -0.05) is 0 Å². The molecule has 1 aromatic rings. The molecule has 2 nitrogen and oxygen atoms in total. The number of Topliss-reactive ketones (excluding diaryl/α,β-unsaturated/α-hetero) is 1. The van der Waals surface area contributed by atoms with E-state index in [4.69, 9.17) is 11.6 Å². The van der Waals surface area contributed by atoms with Crippen LogP contribution in [-0.4, -0.2) is 16.6 Å². The Kier molecular flexibility index (Phi) is 2.40. The molecule has 0 radical (unpaired) electrons. The minimum atomic E-state index is -0.0882. The molecule has 0 atom stereocenters. The minimum Gasteiger partial charge on any atom is -0.293 e. The van der Waals surface area contributed by atoms with Crippen molar-refractivity contribution in [1.82, 2.24) is 4.98 Å². The van der Waals surface area contributed by atoms with E-state index in [0.717, 1.165) is 0 Å².